The summed E-state index contributed by atoms with van der Waals surface area (Å²) < 4.78 is 43.4. The molecular weight excluding hydrogens is 417 g/mol. The van der Waals surface area contributed by atoms with Crippen LogP contribution >= 0.6 is 0 Å². The first-order valence-electron chi connectivity index (χ1n) is 11.7. The fourth-order valence-corrected chi connectivity index (χ4v) is 4.71. The highest BCUT2D eigenvalue weighted by Gasteiger charge is 2.31. The van der Waals surface area contributed by atoms with Crippen molar-refractivity contribution >= 4 is 0 Å². The van der Waals surface area contributed by atoms with Crippen molar-refractivity contribution < 1.29 is 13.2 Å². The molecular formula is C30H35F3. The molecule has 33 heavy (non-hydrogen) atoms. The topological polar surface area (TPSA) is 0 Å². The third kappa shape index (κ3) is 4.74. The Morgan fingerprint density at radius 2 is 1.00 bits per heavy atom. The zero-order valence-electron chi connectivity index (χ0n) is 21.0. The highest BCUT2D eigenvalue weighted by atomic mass is 19.1. The highest BCUT2D eigenvalue weighted by molar-refractivity contribution is 5.47. The van der Waals surface area contributed by atoms with Gasteiger partial charge in [-0.3, -0.25) is 0 Å². The summed E-state index contributed by atoms with van der Waals surface area (Å²) in [6.07, 6.45) is 0. The van der Waals surface area contributed by atoms with Gasteiger partial charge in [0.1, 0.15) is 17.5 Å². The summed E-state index contributed by atoms with van der Waals surface area (Å²) >= 11 is 0. The molecule has 0 bridgehead atoms. The smallest absolute Gasteiger partial charge is 0.130 e. The predicted octanol–water partition coefficient (Wildman–Crippen LogP) is 9.00. The van der Waals surface area contributed by atoms with E-state index >= 15 is 4.39 Å². The molecule has 0 fully saturated rings. The Morgan fingerprint density at radius 1 is 0.545 bits per heavy atom. The summed E-state index contributed by atoms with van der Waals surface area (Å²) in [6.45, 7) is 16.5. The molecule has 0 unspecified atom stereocenters. The molecule has 0 nitrogen and oxygen atoms in total. The molecule has 0 spiro atoms. The first-order valence-corrected chi connectivity index (χ1v) is 11.7. The number of hydrogen-bond donors (Lipinski definition) is 0. The molecule has 3 heteroatoms. The quantitative estimate of drug-likeness (QED) is 0.350. The largest absolute Gasteiger partial charge is 0.207 e. The third-order valence-electron chi connectivity index (χ3n) is 7.02. The maximum atomic E-state index is 15.6. The standard InChI is InChI=1S/C30H35F3/c1-18(2)23-12-9-20(15-24(23)19(3)4)29(5,6)25-13-10-21(16-27(25)32)30(7,8)26-14-11-22(31)17-28(26)33/h9-19H,1-8H3. The van der Waals surface area contributed by atoms with Crippen LogP contribution in [0.5, 0.6) is 0 Å². The van der Waals surface area contributed by atoms with Crippen LogP contribution in [0.2, 0.25) is 0 Å². The minimum atomic E-state index is -0.814. The molecule has 0 aromatic heterocycles. The molecule has 0 atom stereocenters. The maximum Gasteiger partial charge on any atom is 0.130 e. The monoisotopic (exact) mass is 452 g/mol. The Balaban J connectivity index is 2.05. The van der Waals surface area contributed by atoms with Crippen molar-refractivity contribution in [3.05, 3.63) is 105 Å². The second kappa shape index (κ2) is 9.00. The lowest BCUT2D eigenvalue weighted by Crippen LogP contribution is -2.24. The van der Waals surface area contributed by atoms with Gasteiger partial charge in [-0.2, -0.15) is 0 Å². The molecule has 176 valence electrons. The lowest BCUT2D eigenvalue weighted by molar-refractivity contribution is 0.519. The maximum absolute atomic E-state index is 15.6. The summed E-state index contributed by atoms with van der Waals surface area (Å²) in [7, 11) is 0. The SMILES string of the molecule is CC(C)c1ccc(C(C)(C)c2ccc(C(C)(C)c3ccc(F)cc3F)cc2F)cc1C(C)C. The number of rotatable bonds is 6. The van der Waals surface area contributed by atoms with E-state index in [4.69, 9.17) is 0 Å². The van der Waals surface area contributed by atoms with Crippen molar-refractivity contribution in [2.75, 3.05) is 0 Å². The predicted molar refractivity (Wildman–Crippen MR) is 132 cm³/mol. The number of benzene rings is 3. The number of hydrogen-bond acceptors (Lipinski definition) is 0. The molecule has 0 heterocycles. The summed E-state index contributed by atoms with van der Waals surface area (Å²) in [6, 6.07) is 15.2. The average molecular weight is 453 g/mol. The Kier molecular flexibility index (Phi) is 6.84. The van der Waals surface area contributed by atoms with Gasteiger partial charge in [-0.05, 0) is 57.3 Å². The van der Waals surface area contributed by atoms with Gasteiger partial charge in [-0.1, -0.05) is 91.8 Å². The van der Waals surface area contributed by atoms with Crippen LogP contribution in [-0.2, 0) is 10.8 Å². The van der Waals surface area contributed by atoms with E-state index in [-0.39, 0.29) is 5.82 Å². The van der Waals surface area contributed by atoms with E-state index in [9.17, 15) is 8.78 Å². The molecule has 0 aliphatic heterocycles. The van der Waals surface area contributed by atoms with Crippen molar-refractivity contribution in [2.45, 2.75) is 78.1 Å². The Hall–Kier alpha value is -2.55. The highest BCUT2D eigenvalue weighted by Crippen LogP contribution is 2.39. The van der Waals surface area contributed by atoms with Crippen LogP contribution in [0.3, 0.4) is 0 Å². The Bertz CT molecular complexity index is 1150. The van der Waals surface area contributed by atoms with E-state index in [2.05, 4.69) is 45.9 Å². The molecule has 0 saturated heterocycles. The van der Waals surface area contributed by atoms with E-state index in [1.807, 2.05) is 33.8 Å². The molecule has 0 aliphatic rings. The van der Waals surface area contributed by atoms with Crippen molar-refractivity contribution in [1.82, 2.24) is 0 Å². The lowest BCUT2D eigenvalue weighted by Gasteiger charge is -2.31. The minimum Gasteiger partial charge on any atom is -0.207 e. The van der Waals surface area contributed by atoms with Crippen LogP contribution in [0, 0.1) is 17.5 Å². The van der Waals surface area contributed by atoms with E-state index in [0.29, 0.717) is 28.5 Å². The van der Waals surface area contributed by atoms with Crippen molar-refractivity contribution in [3.8, 4) is 0 Å². The van der Waals surface area contributed by atoms with Gasteiger partial charge in [0.2, 0.25) is 0 Å². The zero-order valence-corrected chi connectivity index (χ0v) is 21.0. The van der Waals surface area contributed by atoms with E-state index in [1.165, 1.54) is 29.3 Å². The van der Waals surface area contributed by atoms with Gasteiger partial charge in [0, 0.05) is 16.9 Å². The molecule has 0 amide bonds. The minimum absolute atomic E-state index is 0.327. The van der Waals surface area contributed by atoms with Crippen molar-refractivity contribution in [1.29, 1.82) is 0 Å². The van der Waals surface area contributed by atoms with Crippen LogP contribution in [-0.4, -0.2) is 0 Å². The molecule has 3 aromatic rings. The average Bonchev–Trinajstić information content (AvgIpc) is 2.72. The normalized spacial score (nSPS) is 12.6. The van der Waals surface area contributed by atoms with Crippen LogP contribution in [0.25, 0.3) is 0 Å². The van der Waals surface area contributed by atoms with Crippen LogP contribution in [0.1, 0.15) is 101 Å². The molecule has 0 saturated carbocycles. The van der Waals surface area contributed by atoms with E-state index in [1.54, 1.807) is 6.07 Å². The van der Waals surface area contributed by atoms with E-state index < -0.39 is 22.5 Å². The van der Waals surface area contributed by atoms with Crippen molar-refractivity contribution in [2.24, 2.45) is 0 Å². The summed E-state index contributed by atoms with van der Waals surface area (Å²) in [5, 5.41) is 0. The van der Waals surface area contributed by atoms with Gasteiger partial charge in [0.25, 0.3) is 0 Å². The molecule has 3 aromatic carbocycles. The van der Waals surface area contributed by atoms with Crippen LogP contribution < -0.4 is 0 Å². The van der Waals surface area contributed by atoms with Gasteiger partial charge in [-0.25, -0.2) is 13.2 Å². The summed E-state index contributed by atoms with van der Waals surface area (Å²) in [5.74, 6) is -0.788. The van der Waals surface area contributed by atoms with Gasteiger partial charge in [0.15, 0.2) is 0 Å². The molecule has 0 radical (unpaired) electrons. The van der Waals surface area contributed by atoms with Crippen molar-refractivity contribution in [3.63, 3.8) is 0 Å². The zero-order chi connectivity index (χ0) is 24.7. The van der Waals surface area contributed by atoms with Crippen LogP contribution in [0.4, 0.5) is 13.2 Å². The van der Waals surface area contributed by atoms with Gasteiger partial charge < -0.3 is 0 Å². The van der Waals surface area contributed by atoms with Gasteiger partial charge in [-0.15, -0.1) is 0 Å². The lowest BCUT2D eigenvalue weighted by atomic mass is 9.73. The van der Waals surface area contributed by atoms with E-state index in [0.717, 1.165) is 11.6 Å². The molecule has 0 N–H and O–H groups in total. The number of halogens is 3. The molecule has 3 rings (SSSR count). The van der Waals surface area contributed by atoms with Crippen LogP contribution in [0.15, 0.2) is 54.6 Å². The Morgan fingerprint density at radius 3 is 1.48 bits per heavy atom. The third-order valence-corrected chi connectivity index (χ3v) is 7.02. The summed E-state index contributed by atoms with van der Waals surface area (Å²) in [4.78, 5) is 0. The van der Waals surface area contributed by atoms with Gasteiger partial charge in [0.05, 0.1) is 0 Å². The second-order valence-corrected chi connectivity index (χ2v) is 10.7. The van der Waals surface area contributed by atoms with Gasteiger partial charge >= 0.3 is 0 Å². The Labute approximate surface area is 196 Å². The first kappa shape index (κ1) is 25.1. The molecule has 0 aliphatic carbocycles. The summed E-state index contributed by atoms with van der Waals surface area (Å²) in [5.41, 5.74) is 3.88. The fraction of sp³-hybridized carbons (Fsp3) is 0.400. The fourth-order valence-electron chi connectivity index (χ4n) is 4.71. The second-order valence-electron chi connectivity index (χ2n) is 10.7. The first-order chi connectivity index (χ1) is 15.3.